The molecular weight excluding hydrogens is 118 g/mol. The lowest BCUT2D eigenvalue weighted by molar-refractivity contribution is 0.129. The Balaban J connectivity index is 2.74. The molecule has 0 amide bonds. The Morgan fingerprint density at radius 2 is 2.56 bits per heavy atom. The fourth-order valence-corrected chi connectivity index (χ4v) is 0.532. The van der Waals surface area contributed by atoms with Gasteiger partial charge in [0.05, 0.1) is 11.9 Å². The van der Waals surface area contributed by atoms with Gasteiger partial charge >= 0.3 is 0 Å². The fourth-order valence-electron chi connectivity index (χ4n) is 0.532. The van der Waals surface area contributed by atoms with Gasteiger partial charge in [0, 0.05) is 0 Å². The van der Waals surface area contributed by atoms with Crippen LogP contribution in [0.5, 0.6) is 0 Å². The van der Waals surface area contributed by atoms with Crippen molar-refractivity contribution < 1.29 is 4.84 Å². The van der Waals surface area contributed by atoms with Crippen LogP contribution >= 0.6 is 0 Å². The summed E-state index contributed by atoms with van der Waals surface area (Å²) in [5, 5.41) is 7.44. The van der Waals surface area contributed by atoms with Crippen molar-refractivity contribution in [2.24, 2.45) is 0 Å². The summed E-state index contributed by atoms with van der Waals surface area (Å²) in [6, 6.07) is 0. The van der Waals surface area contributed by atoms with Crippen LogP contribution in [0.15, 0.2) is 6.20 Å². The topological polar surface area (TPSA) is 39.9 Å². The summed E-state index contributed by atoms with van der Waals surface area (Å²) in [5.41, 5.74) is 0.942. The van der Waals surface area contributed by atoms with Crippen molar-refractivity contribution in [3.63, 3.8) is 0 Å². The number of rotatable bonds is 2. The number of aryl methyl sites for hydroxylation is 1. The SMILES string of the molecule is CCc1cn(OC)nn1. The Morgan fingerprint density at radius 1 is 1.78 bits per heavy atom. The van der Waals surface area contributed by atoms with Gasteiger partial charge in [-0.25, -0.2) is 0 Å². The minimum Gasteiger partial charge on any atom is -0.399 e. The molecule has 0 fully saturated rings. The number of aromatic nitrogens is 3. The number of hydrogen-bond acceptors (Lipinski definition) is 3. The molecule has 0 N–H and O–H groups in total. The van der Waals surface area contributed by atoms with Gasteiger partial charge in [-0.2, -0.15) is 0 Å². The highest BCUT2D eigenvalue weighted by molar-refractivity contribution is 4.89. The maximum absolute atomic E-state index is 4.74. The van der Waals surface area contributed by atoms with Crippen molar-refractivity contribution in [1.29, 1.82) is 0 Å². The molecule has 0 spiro atoms. The third kappa shape index (κ3) is 1.19. The Bertz CT molecular complexity index is 166. The minimum atomic E-state index is 0.892. The van der Waals surface area contributed by atoms with Gasteiger partial charge in [0.25, 0.3) is 0 Å². The van der Waals surface area contributed by atoms with E-state index in [-0.39, 0.29) is 0 Å². The molecular formula is C5H9N3O. The average molecular weight is 127 g/mol. The summed E-state index contributed by atoms with van der Waals surface area (Å²) in [7, 11) is 1.55. The van der Waals surface area contributed by atoms with E-state index in [2.05, 4.69) is 10.3 Å². The van der Waals surface area contributed by atoms with Crippen LogP contribution in [0.1, 0.15) is 12.6 Å². The molecule has 0 aliphatic rings. The highest BCUT2D eigenvalue weighted by atomic mass is 16.7. The predicted octanol–water partition coefficient (Wildman–Crippen LogP) is -0.101. The van der Waals surface area contributed by atoms with E-state index >= 15 is 0 Å². The van der Waals surface area contributed by atoms with Gasteiger partial charge in [0.1, 0.15) is 7.11 Å². The van der Waals surface area contributed by atoms with E-state index in [0.717, 1.165) is 12.1 Å². The van der Waals surface area contributed by atoms with Crippen LogP contribution in [0.4, 0.5) is 0 Å². The Kier molecular flexibility index (Phi) is 1.67. The van der Waals surface area contributed by atoms with E-state index in [1.54, 1.807) is 13.3 Å². The maximum Gasteiger partial charge on any atom is 0.106 e. The molecule has 0 radical (unpaired) electrons. The first-order chi connectivity index (χ1) is 4.36. The van der Waals surface area contributed by atoms with Crippen molar-refractivity contribution in [2.45, 2.75) is 13.3 Å². The first-order valence-corrected chi connectivity index (χ1v) is 2.82. The zero-order chi connectivity index (χ0) is 6.69. The predicted molar refractivity (Wildman–Crippen MR) is 31.9 cm³/mol. The van der Waals surface area contributed by atoms with Gasteiger partial charge in [-0.3, -0.25) is 0 Å². The van der Waals surface area contributed by atoms with Crippen LogP contribution < -0.4 is 4.84 Å². The van der Waals surface area contributed by atoms with Crippen LogP contribution in [-0.2, 0) is 6.42 Å². The molecule has 0 aromatic carbocycles. The van der Waals surface area contributed by atoms with Crippen molar-refractivity contribution >= 4 is 0 Å². The van der Waals surface area contributed by atoms with E-state index in [4.69, 9.17) is 4.84 Å². The summed E-state index contributed by atoms with van der Waals surface area (Å²) in [6.07, 6.45) is 2.64. The standard InChI is InChI=1S/C5H9N3O/c1-3-5-4-8(9-2)7-6-5/h4H,3H2,1-2H3. The lowest BCUT2D eigenvalue weighted by Crippen LogP contribution is -2.05. The van der Waals surface area contributed by atoms with Gasteiger partial charge in [0.2, 0.25) is 0 Å². The molecule has 0 atom stereocenters. The molecule has 0 saturated heterocycles. The molecule has 0 bridgehead atoms. The van der Waals surface area contributed by atoms with Gasteiger partial charge in [-0.1, -0.05) is 11.8 Å². The highest BCUT2D eigenvalue weighted by Crippen LogP contribution is 1.89. The number of nitrogens with zero attached hydrogens (tertiary/aromatic N) is 3. The second kappa shape index (κ2) is 2.48. The molecule has 1 aromatic rings. The summed E-state index contributed by atoms with van der Waals surface area (Å²) < 4.78 is 0. The second-order valence-corrected chi connectivity index (χ2v) is 1.65. The summed E-state index contributed by atoms with van der Waals surface area (Å²) in [5.74, 6) is 0. The first-order valence-electron chi connectivity index (χ1n) is 2.82. The highest BCUT2D eigenvalue weighted by Gasteiger charge is 1.94. The molecule has 4 nitrogen and oxygen atoms in total. The Labute approximate surface area is 53.4 Å². The summed E-state index contributed by atoms with van der Waals surface area (Å²) in [6.45, 7) is 2.02. The molecule has 0 aliphatic heterocycles. The Morgan fingerprint density at radius 3 is 2.89 bits per heavy atom. The second-order valence-electron chi connectivity index (χ2n) is 1.65. The normalized spacial score (nSPS) is 9.56. The van der Waals surface area contributed by atoms with Crippen molar-refractivity contribution in [1.82, 2.24) is 15.2 Å². The molecule has 0 unspecified atom stereocenters. The smallest absolute Gasteiger partial charge is 0.106 e. The summed E-state index contributed by atoms with van der Waals surface area (Å²) >= 11 is 0. The molecule has 1 rings (SSSR count). The van der Waals surface area contributed by atoms with E-state index < -0.39 is 0 Å². The van der Waals surface area contributed by atoms with Gasteiger partial charge in [-0.05, 0) is 11.6 Å². The fraction of sp³-hybridized carbons (Fsp3) is 0.600. The quantitative estimate of drug-likeness (QED) is 0.557. The molecule has 0 aliphatic carbocycles. The van der Waals surface area contributed by atoms with Crippen LogP contribution in [0.25, 0.3) is 0 Å². The van der Waals surface area contributed by atoms with Crippen molar-refractivity contribution in [3.8, 4) is 0 Å². The van der Waals surface area contributed by atoms with Gasteiger partial charge < -0.3 is 4.84 Å². The van der Waals surface area contributed by atoms with Gasteiger partial charge in [0.15, 0.2) is 0 Å². The number of hydrogen-bond donors (Lipinski definition) is 0. The average Bonchev–Trinajstić information content (AvgIpc) is 2.34. The van der Waals surface area contributed by atoms with E-state index in [9.17, 15) is 0 Å². The monoisotopic (exact) mass is 127 g/mol. The van der Waals surface area contributed by atoms with Crippen LogP contribution in [0.3, 0.4) is 0 Å². The first kappa shape index (κ1) is 6.07. The molecule has 1 aromatic heterocycles. The molecule has 0 saturated carbocycles. The molecule has 4 heteroatoms. The lowest BCUT2D eigenvalue weighted by Gasteiger charge is -1.90. The third-order valence-electron chi connectivity index (χ3n) is 1.07. The zero-order valence-corrected chi connectivity index (χ0v) is 5.53. The maximum atomic E-state index is 4.74. The summed E-state index contributed by atoms with van der Waals surface area (Å²) in [4.78, 5) is 6.07. The van der Waals surface area contributed by atoms with Crippen LogP contribution in [0, 0.1) is 0 Å². The molecule has 9 heavy (non-hydrogen) atoms. The largest absolute Gasteiger partial charge is 0.399 e. The van der Waals surface area contributed by atoms with E-state index in [1.165, 1.54) is 4.85 Å². The molecule has 1 heterocycles. The third-order valence-corrected chi connectivity index (χ3v) is 1.07. The minimum absolute atomic E-state index is 0.892. The van der Waals surface area contributed by atoms with Gasteiger partial charge in [-0.15, -0.1) is 5.10 Å². The van der Waals surface area contributed by atoms with Crippen molar-refractivity contribution in [2.75, 3.05) is 7.11 Å². The Hall–Kier alpha value is -1.06. The lowest BCUT2D eigenvalue weighted by atomic mass is 10.4. The van der Waals surface area contributed by atoms with E-state index in [0.29, 0.717) is 0 Å². The van der Waals surface area contributed by atoms with Crippen molar-refractivity contribution in [3.05, 3.63) is 11.9 Å². The molecule has 50 valence electrons. The van der Waals surface area contributed by atoms with Crippen LogP contribution in [0.2, 0.25) is 0 Å². The van der Waals surface area contributed by atoms with E-state index in [1.807, 2.05) is 6.92 Å². The van der Waals surface area contributed by atoms with Crippen LogP contribution in [-0.4, -0.2) is 22.3 Å². The zero-order valence-electron chi connectivity index (χ0n) is 5.53.